The molecule has 4 aliphatic rings. The maximum Gasteiger partial charge on any atom is 0.187 e. The molecule has 16 N–H and O–H groups in total. The van der Waals surface area contributed by atoms with Crippen LogP contribution in [0.25, 0.3) is 0 Å². The molecule has 0 aromatic carbocycles. The number of rotatable bonds is 10. The largest absolute Gasteiger partial charge is 0.396 e. The van der Waals surface area contributed by atoms with Crippen molar-refractivity contribution in [2.75, 3.05) is 26.4 Å². The van der Waals surface area contributed by atoms with E-state index in [-0.39, 0.29) is 13.0 Å². The zero-order valence-corrected chi connectivity index (χ0v) is 23.8. The van der Waals surface area contributed by atoms with E-state index < -0.39 is 136 Å². The van der Waals surface area contributed by atoms with E-state index in [0.717, 1.165) is 0 Å². The SMILES string of the molecule is BC1C(O)[C@H](O)C(CO)O[C@@H]1O[C@@H]1C(N)C[C@@H](N)C(O)C1O[C@@H]1O[C@H](CO)[C@H](O[C@H]2OC(CN)[C@@H](O)C(CO)C2N)[C@@H]1O. The fourth-order valence-electron chi connectivity index (χ4n) is 6.17. The number of aliphatic hydroxyl groups is 8. The lowest BCUT2D eigenvalue weighted by atomic mass is 9.76. The highest BCUT2D eigenvalue weighted by Gasteiger charge is 2.54. The average molecular weight is 626 g/mol. The maximum absolute atomic E-state index is 11.2. The predicted octanol–water partition coefficient (Wildman–Crippen LogP) is -8.52. The Bertz CT molecular complexity index is 888. The summed E-state index contributed by atoms with van der Waals surface area (Å²) in [7, 11) is 1.56. The Hall–Kier alpha value is -0.655. The predicted molar refractivity (Wildman–Crippen MR) is 145 cm³/mol. The highest BCUT2D eigenvalue weighted by Crippen LogP contribution is 2.36. The van der Waals surface area contributed by atoms with Crippen molar-refractivity contribution in [1.29, 1.82) is 0 Å². The second kappa shape index (κ2) is 14.8. The molecule has 43 heavy (non-hydrogen) atoms. The summed E-state index contributed by atoms with van der Waals surface area (Å²) in [4.78, 5) is 0. The Balaban J connectivity index is 1.50. The lowest BCUT2D eigenvalue weighted by Gasteiger charge is -2.47. The number of hydrogen-bond donors (Lipinski definition) is 12. The van der Waals surface area contributed by atoms with Gasteiger partial charge >= 0.3 is 0 Å². The third-order valence-electron chi connectivity index (χ3n) is 8.98. The van der Waals surface area contributed by atoms with Crippen LogP contribution in [0.3, 0.4) is 0 Å². The van der Waals surface area contributed by atoms with Gasteiger partial charge in [-0.05, 0) is 6.42 Å². The van der Waals surface area contributed by atoms with E-state index in [9.17, 15) is 40.9 Å². The van der Waals surface area contributed by atoms with Crippen LogP contribution in [0.5, 0.6) is 0 Å². The molecular weight excluding hydrogens is 579 g/mol. The first kappa shape index (κ1) is 35.2. The highest BCUT2D eigenvalue weighted by molar-refractivity contribution is 6.12. The van der Waals surface area contributed by atoms with Gasteiger partial charge in [0.1, 0.15) is 50.6 Å². The molecule has 4 rings (SSSR count). The minimum absolute atomic E-state index is 0.108. The minimum atomic E-state index is -1.58. The van der Waals surface area contributed by atoms with Crippen LogP contribution in [0.15, 0.2) is 0 Å². The van der Waals surface area contributed by atoms with Gasteiger partial charge < -0.3 is 92.2 Å². The summed E-state index contributed by atoms with van der Waals surface area (Å²) in [6.07, 6.45) is -17.5. The number of nitrogens with two attached hydrogens (primary N) is 4. The van der Waals surface area contributed by atoms with Crippen molar-refractivity contribution in [2.24, 2.45) is 28.9 Å². The first-order valence-electron chi connectivity index (χ1n) is 14.5. The monoisotopic (exact) mass is 626 g/mol. The Kier molecular flexibility index (Phi) is 12.1. The van der Waals surface area contributed by atoms with Gasteiger partial charge in [-0.25, -0.2) is 0 Å². The van der Waals surface area contributed by atoms with E-state index >= 15 is 0 Å². The van der Waals surface area contributed by atoms with Gasteiger partial charge in [0.15, 0.2) is 18.9 Å². The third kappa shape index (κ3) is 7.04. The van der Waals surface area contributed by atoms with Crippen LogP contribution in [0.1, 0.15) is 6.42 Å². The molecule has 0 spiro atoms. The molecule has 1 saturated carbocycles. The van der Waals surface area contributed by atoms with E-state index in [0.29, 0.717) is 0 Å². The Labute approximate surface area is 249 Å². The molecule has 1 aliphatic carbocycles. The van der Waals surface area contributed by atoms with Crippen LogP contribution >= 0.6 is 0 Å². The normalized spacial score (nSPS) is 52.8. The van der Waals surface area contributed by atoms with Crippen LogP contribution in [0.2, 0.25) is 5.82 Å². The van der Waals surface area contributed by atoms with Gasteiger partial charge in [-0.15, -0.1) is 0 Å². The summed E-state index contributed by atoms with van der Waals surface area (Å²) in [6, 6.07) is -2.71. The van der Waals surface area contributed by atoms with E-state index in [2.05, 4.69) is 0 Å². The zero-order valence-electron chi connectivity index (χ0n) is 23.8. The molecule has 0 aromatic rings. The smallest absolute Gasteiger partial charge is 0.187 e. The van der Waals surface area contributed by atoms with E-state index in [1.54, 1.807) is 7.85 Å². The summed E-state index contributed by atoms with van der Waals surface area (Å²) in [5.41, 5.74) is 24.3. The fourth-order valence-corrected chi connectivity index (χ4v) is 6.17. The van der Waals surface area contributed by atoms with Crippen molar-refractivity contribution >= 4 is 7.85 Å². The standard InChI is InChI=1S/C24H47BN4O14/c25-12-17(36)16(35)10(4-31)39-22(12)41-19-8(28)1-7(27)15(34)21(19)43-24-18(37)20(11(5-32)40-24)42-23-13(29)6(3-30)14(33)9(2-26)38-23/h6-24,30-37H,1-5,25-29H2/t6?,7-,8?,9?,10?,11-,12?,13?,14+,15?,16-,17?,18+,19-,20+,21?,22-,23-,24+/m1/s1. The molecule has 250 valence electrons. The fraction of sp³-hybridized carbons (Fsp3) is 1.00. The lowest BCUT2D eigenvalue weighted by molar-refractivity contribution is -0.305. The van der Waals surface area contributed by atoms with Crippen molar-refractivity contribution in [2.45, 2.75) is 116 Å². The Morgan fingerprint density at radius 1 is 0.605 bits per heavy atom. The van der Waals surface area contributed by atoms with Crippen molar-refractivity contribution in [3.8, 4) is 0 Å². The van der Waals surface area contributed by atoms with Crippen LogP contribution in [-0.4, -0.2) is 179 Å². The molecule has 3 heterocycles. The number of hydrogen-bond acceptors (Lipinski definition) is 18. The first-order valence-corrected chi connectivity index (χ1v) is 14.5. The van der Waals surface area contributed by atoms with Gasteiger partial charge in [-0.2, -0.15) is 0 Å². The molecule has 18 nitrogen and oxygen atoms in total. The first-order chi connectivity index (χ1) is 20.4. The van der Waals surface area contributed by atoms with Crippen molar-refractivity contribution in [1.82, 2.24) is 0 Å². The van der Waals surface area contributed by atoms with Crippen molar-refractivity contribution in [3.63, 3.8) is 0 Å². The van der Waals surface area contributed by atoms with Crippen molar-refractivity contribution in [3.05, 3.63) is 0 Å². The molecule has 19 atom stereocenters. The molecule has 3 aliphatic heterocycles. The summed E-state index contributed by atoms with van der Waals surface area (Å²) < 4.78 is 35.1. The summed E-state index contributed by atoms with van der Waals surface area (Å²) in [5, 5.41) is 82.6. The van der Waals surface area contributed by atoms with E-state index in [4.69, 9.17) is 51.4 Å². The van der Waals surface area contributed by atoms with Gasteiger partial charge in [0.25, 0.3) is 0 Å². The van der Waals surface area contributed by atoms with Gasteiger partial charge in [-0.3, -0.25) is 0 Å². The summed E-state index contributed by atoms with van der Waals surface area (Å²) >= 11 is 0. The zero-order chi connectivity index (χ0) is 31.7. The molecule has 0 radical (unpaired) electrons. The molecular formula is C24H47BN4O14. The van der Waals surface area contributed by atoms with Gasteiger partial charge in [0, 0.05) is 30.4 Å². The molecule has 0 aromatic heterocycles. The molecule has 0 amide bonds. The lowest BCUT2D eigenvalue weighted by Crippen LogP contribution is -2.65. The molecule has 19 heteroatoms. The molecule has 0 bridgehead atoms. The second-order valence-electron chi connectivity index (χ2n) is 11.8. The Morgan fingerprint density at radius 3 is 1.79 bits per heavy atom. The van der Waals surface area contributed by atoms with Gasteiger partial charge in [0.05, 0.1) is 50.3 Å². The molecule has 3 saturated heterocycles. The van der Waals surface area contributed by atoms with Gasteiger partial charge in [0.2, 0.25) is 0 Å². The van der Waals surface area contributed by atoms with Crippen LogP contribution in [0, 0.1) is 5.92 Å². The summed E-state index contributed by atoms with van der Waals surface area (Å²) in [6.45, 7) is -1.82. The molecule has 9 unspecified atom stereocenters. The average Bonchev–Trinajstić information content (AvgIpc) is 3.28. The van der Waals surface area contributed by atoms with Crippen LogP contribution in [-0.2, 0) is 28.4 Å². The van der Waals surface area contributed by atoms with E-state index in [1.807, 2.05) is 0 Å². The maximum atomic E-state index is 11.2. The van der Waals surface area contributed by atoms with Crippen LogP contribution < -0.4 is 22.9 Å². The van der Waals surface area contributed by atoms with E-state index in [1.165, 1.54) is 0 Å². The van der Waals surface area contributed by atoms with Gasteiger partial charge in [-0.1, -0.05) is 0 Å². The third-order valence-corrected chi connectivity index (χ3v) is 8.98. The number of aliphatic hydroxyl groups excluding tert-OH is 8. The molecule has 4 fully saturated rings. The highest BCUT2D eigenvalue weighted by atomic mass is 16.8. The Morgan fingerprint density at radius 2 is 1.19 bits per heavy atom. The topological polar surface area (TPSA) is 321 Å². The quantitative estimate of drug-likeness (QED) is 0.100. The number of ether oxygens (including phenoxy) is 6. The van der Waals surface area contributed by atoms with Crippen LogP contribution in [0.4, 0.5) is 0 Å². The summed E-state index contributed by atoms with van der Waals surface area (Å²) in [5.74, 6) is -1.62. The minimum Gasteiger partial charge on any atom is -0.396 e. The van der Waals surface area contributed by atoms with Crippen molar-refractivity contribution < 1.29 is 69.3 Å². The second-order valence-corrected chi connectivity index (χ2v) is 11.8.